The Bertz CT molecular complexity index is 1580. The monoisotopic (exact) mass is 435 g/mol. The van der Waals surface area contributed by atoms with E-state index in [2.05, 4.69) is 45.2 Å². The average molecular weight is 435 g/mol. The van der Waals surface area contributed by atoms with Crippen LogP contribution in [0.3, 0.4) is 0 Å². The van der Waals surface area contributed by atoms with Gasteiger partial charge < -0.3 is 19.7 Å². The molecule has 0 radical (unpaired) electrons. The molecule has 0 aromatic carbocycles. The number of fused-ring (bicyclic) bond motifs is 2. The number of imidazole rings is 1. The summed E-state index contributed by atoms with van der Waals surface area (Å²) in [6.07, 6.45) is 10.7. The lowest BCUT2D eigenvalue weighted by Crippen LogP contribution is -2.09. The number of pyridine rings is 3. The summed E-state index contributed by atoms with van der Waals surface area (Å²) in [6, 6.07) is 10.2. The number of H-pyrrole nitrogens is 2. The van der Waals surface area contributed by atoms with Crippen LogP contribution in [0.5, 0.6) is 0 Å². The molecular formula is C25H21N7O. The van der Waals surface area contributed by atoms with Gasteiger partial charge in [0.1, 0.15) is 17.0 Å². The van der Waals surface area contributed by atoms with Crippen molar-refractivity contribution in [2.75, 3.05) is 5.32 Å². The van der Waals surface area contributed by atoms with Crippen LogP contribution in [0.2, 0.25) is 0 Å². The lowest BCUT2D eigenvalue weighted by atomic mass is 10.1. The second-order valence-corrected chi connectivity index (χ2v) is 8.21. The second kappa shape index (κ2) is 7.59. The molecule has 6 rings (SSSR count). The normalized spacial score (nSPS) is 11.6. The molecule has 0 atom stereocenters. The fourth-order valence-electron chi connectivity index (χ4n) is 4.01. The summed E-state index contributed by atoms with van der Waals surface area (Å²) in [5.41, 5.74) is 8.79. The van der Waals surface area contributed by atoms with Crippen molar-refractivity contribution in [2.45, 2.75) is 19.9 Å². The smallest absolute Gasteiger partial charge is 0.142 e. The van der Waals surface area contributed by atoms with E-state index < -0.39 is 0 Å². The number of rotatable bonds is 5. The minimum Gasteiger partial charge on any atom is -0.472 e. The van der Waals surface area contributed by atoms with E-state index in [0.717, 1.165) is 61.7 Å². The number of furan rings is 1. The summed E-state index contributed by atoms with van der Waals surface area (Å²) in [6.45, 7) is 4.20. The highest BCUT2D eigenvalue weighted by atomic mass is 16.3. The lowest BCUT2D eigenvalue weighted by molar-refractivity contribution is 0.568. The Morgan fingerprint density at radius 2 is 1.91 bits per heavy atom. The van der Waals surface area contributed by atoms with Crippen LogP contribution in [-0.4, -0.2) is 35.9 Å². The third-order valence-corrected chi connectivity index (χ3v) is 5.46. The maximum atomic E-state index is 5.24. The molecule has 8 nitrogen and oxygen atoms in total. The number of nitrogens with one attached hydrogen (secondary N) is 3. The molecule has 33 heavy (non-hydrogen) atoms. The number of anilines is 1. The van der Waals surface area contributed by atoms with Gasteiger partial charge in [-0.3, -0.25) is 9.97 Å². The Labute approximate surface area is 189 Å². The molecule has 0 saturated heterocycles. The zero-order valence-corrected chi connectivity index (χ0v) is 18.1. The van der Waals surface area contributed by atoms with Crippen molar-refractivity contribution in [2.24, 2.45) is 0 Å². The molecule has 6 heterocycles. The first-order valence-electron chi connectivity index (χ1n) is 10.7. The zero-order chi connectivity index (χ0) is 22.4. The van der Waals surface area contributed by atoms with Gasteiger partial charge in [0, 0.05) is 42.0 Å². The molecule has 0 bridgehead atoms. The molecule has 0 aliphatic carbocycles. The fourth-order valence-corrected chi connectivity index (χ4v) is 4.01. The Morgan fingerprint density at radius 1 is 0.970 bits per heavy atom. The third-order valence-electron chi connectivity index (χ3n) is 5.46. The first kappa shape index (κ1) is 19.2. The molecule has 0 unspecified atom stereocenters. The molecule has 6 aromatic rings. The number of hydrogen-bond donors (Lipinski definition) is 3. The summed E-state index contributed by atoms with van der Waals surface area (Å²) in [5, 5.41) is 3.39. The van der Waals surface area contributed by atoms with Crippen molar-refractivity contribution >= 4 is 27.8 Å². The van der Waals surface area contributed by atoms with Gasteiger partial charge in [0.2, 0.25) is 0 Å². The Kier molecular flexibility index (Phi) is 4.43. The number of nitrogens with zero attached hydrogens (tertiary/aromatic N) is 4. The number of aromatic nitrogens is 6. The molecule has 0 saturated carbocycles. The summed E-state index contributed by atoms with van der Waals surface area (Å²) in [7, 11) is 0. The van der Waals surface area contributed by atoms with Gasteiger partial charge in [-0.25, -0.2) is 9.97 Å². The average Bonchev–Trinajstić information content (AvgIpc) is 3.57. The van der Waals surface area contributed by atoms with Gasteiger partial charge in [0.25, 0.3) is 0 Å². The van der Waals surface area contributed by atoms with Crippen LogP contribution in [-0.2, 0) is 0 Å². The van der Waals surface area contributed by atoms with Gasteiger partial charge >= 0.3 is 0 Å². The van der Waals surface area contributed by atoms with Crippen molar-refractivity contribution in [3.63, 3.8) is 0 Å². The molecule has 162 valence electrons. The van der Waals surface area contributed by atoms with Crippen molar-refractivity contribution in [1.29, 1.82) is 0 Å². The van der Waals surface area contributed by atoms with Crippen LogP contribution >= 0.6 is 0 Å². The van der Waals surface area contributed by atoms with Gasteiger partial charge in [-0.05, 0) is 44.2 Å². The second-order valence-electron chi connectivity index (χ2n) is 8.21. The van der Waals surface area contributed by atoms with Crippen molar-refractivity contribution < 1.29 is 4.42 Å². The van der Waals surface area contributed by atoms with Gasteiger partial charge in [-0.2, -0.15) is 0 Å². The van der Waals surface area contributed by atoms with Gasteiger partial charge in [-0.1, -0.05) is 0 Å². The molecule has 0 aliphatic rings. The molecule has 0 fully saturated rings. The van der Waals surface area contributed by atoms with Crippen LogP contribution < -0.4 is 5.32 Å². The minimum atomic E-state index is 0.322. The maximum Gasteiger partial charge on any atom is 0.142 e. The molecule has 0 spiro atoms. The first-order chi connectivity index (χ1) is 16.2. The van der Waals surface area contributed by atoms with Crippen LogP contribution in [0.25, 0.3) is 56.0 Å². The molecule has 0 aliphatic heterocycles. The van der Waals surface area contributed by atoms with Crippen LogP contribution in [0.4, 0.5) is 5.69 Å². The standard InChI is InChI=1S/C25H21N7O/c1-14(2)29-17-9-16(10-26-11-17)19-3-4-20-23(30-19)18(12-28-20)25-31-21-5-7-27-22(24(21)32-25)15-6-8-33-13-15/h3-14,28-29H,1-2H3,(H,31,32). The van der Waals surface area contributed by atoms with E-state index in [0.29, 0.717) is 6.04 Å². The highest BCUT2D eigenvalue weighted by Gasteiger charge is 2.16. The fraction of sp³-hybridized carbons (Fsp3) is 0.120. The Morgan fingerprint density at radius 3 is 2.76 bits per heavy atom. The van der Waals surface area contributed by atoms with E-state index in [1.807, 2.05) is 42.9 Å². The molecule has 6 aromatic heterocycles. The van der Waals surface area contributed by atoms with Crippen LogP contribution in [0, 0.1) is 0 Å². The molecular weight excluding hydrogens is 414 g/mol. The van der Waals surface area contributed by atoms with Gasteiger partial charge in [0.05, 0.1) is 46.0 Å². The third kappa shape index (κ3) is 3.41. The van der Waals surface area contributed by atoms with E-state index in [4.69, 9.17) is 14.4 Å². The predicted octanol–water partition coefficient (Wildman–Crippen LogP) is 5.64. The largest absolute Gasteiger partial charge is 0.472 e. The van der Waals surface area contributed by atoms with Crippen molar-refractivity contribution in [3.8, 4) is 33.9 Å². The topological polar surface area (TPSA) is 108 Å². The molecule has 8 heteroatoms. The Balaban J connectivity index is 1.45. The van der Waals surface area contributed by atoms with Gasteiger partial charge in [-0.15, -0.1) is 0 Å². The van der Waals surface area contributed by atoms with E-state index in [1.54, 1.807) is 18.7 Å². The van der Waals surface area contributed by atoms with E-state index in [9.17, 15) is 0 Å². The SMILES string of the molecule is CC(C)Nc1cncc(-c2ccc3[nH]cc(-c4nc5c(-c6ccoc6)nccc5[nH]4)c3n2)c1. The van der Waals surface area contributed by atoms with Crippen LogP contribution in [0.15, 0.2) is 72.1 Å². The highest BCUT2D eigenvalue weighted by molar-refractivity contribution is 5.96. The Hall–Kier alpha value is -4.46. The van der Waals surface area contributed by atoms with E-state index in [1.165, 1.54) is 0 Å². The summed E-state index contributed by atoms with van der Waals surface area (Å²) >= 11 is 0. The zero-order valence-electron chi connectivity index (χ0n) is 18.1. The maximum absolute atomic E-state index is 5.24. The van der Waals surface area contributed by atoms with Crippen molar-refractivity contribution in [1.82, 2.24) is 29.9 Å². The molecule has 3 N–H and O–H groups in total. The first-order valence-corrected chi connectivity index (χ1v) is 10.7. The predicted molar refractivity (Wildman–Crippen MR) is 129 cm³/mol. The highest BCUT2D eigenvalue weighted by Crippen LogP contribution is 2.32. The summed E-state index contributed by atoms with van der Waals surface area (Å²) in [5.74, 6) is 0.729. The van der Waals surface area contributed by atoms with E-state index in [-0.39, 0.29) is 0 Å². The van der Waals surface area contributed by atoms with Gasteiger partial charge in [0.15, 0.2) is 0 Å². The van der Waals surface area contributed by atoms with E-state index >= 15 is 0 Å². The minimum absolute atomic E-state index is 0.322. The van der Waals surface area contributed by atoms with Crippen molar-refractivity contribution in [3.05, 3.63) is 67.6 Å². The van der Waals surface area contributed by atoms with Crippen LogP contribution in [0.1, 0.15) is 13.8 Å². The number of aromatic amines is 2. The lowest BCUT2D eigenvalue weighted by Gasteiger charge is -2.10. The summed E-state index contributed by atoms with van der Waals surface area (Å²) in [4.78, 5) is 25.4. The number of hydrogen-bond acceptors (Lipinski definition) is 6. The quantitative estimate of drug-likeness (QED) is 0.323. The molecule has 0 amide bonds. The summed E-state index contributed by atoms with van der Waals surface area (Å²) < 4.78 is 5.24.